The topological polar surface area (TPSA) is 71.2 Å². The van der Waals surface area contributed by atoms with E-state index in [0.29, 0.717) is 5.82 Å². The number of nitrogens with one attached hydrogen (secondary N) is 1. The molecule has 3 N–H and O–H groups in total. The lowest BCUT2D eigenvalue weighted by atomic mass is 9.99. The first-order valence-electron chi connectivity index (χ1n) is 7.89. The fraction of sp³-hybridized carbons (Fsp3) is 0.625. The summed E-state index contributed by atoms with van der Waals surface area (Å²) >= 11 is 0. The smallest absolute Gasteiger partial charge is 0.242 e. The van der Waals surface area contributed by atoms with Crippen LogP contribution in [0.15, 0.2) is 18.3 Å². The minimum atomic E-state index is -0.487. The molecule has 2 atom stereocenters. The van der Waals surface area contributed by atoms with Gasteiger partial charge in [0, 0.05) is 13.1 Å². The highest BCUT2D eigenvalue weighted by Gasteiger charge is 2.19. The third kappa shape index (κ3) is 4.17. The monoisotopic (exact) mass is 290 g/mol. The average Bonchev–Trinajstić information content (AvgIpc) is 2.54. The Hall–Kier alpha value is -1.62. The van der Waals surface area contributed by atoms with Crippen molar-refractivity contribution in [2.24, 2.45) is 11.7 Å². The van der Waals surface area contributed by atoms with Gasteiger partial charge in [0.1, 0.15) is 5.82 Å². The molecule has 0 aliphatic carbocycles. The third-order valence-electron chi connectivity index (χ3n) is 4.28. The second-order valence-corrected chi connectivity index (χ2v) is 5.85. The van der Waals surface area contributed by atoms with Crippen LogP contribution in [-0.4, -0.2) is 30.0 Å². The van der Waals surface area contributed by atoms with Crippen molar-refractivity contribution in [3.63, 3.8) is 0 Å². The Kier molecular flexibility index (Phi) is 5.56. The lowest BCUT2D eigenvalue weighted by Gasteiger charge is -2.28. The van der Waals surface area contributed by atoms with Crippen LogP contribution in [-0.2, 0) is 4.79 Å². The van der Waals surface area contributed by atoms with E-state index in [1.165, 1.54) is 19.3 Å². The molecule has 0 radical (unpaired) electrons. The lowest BCUT2D eigenvalue weighted by Crippen LogP contribution is -2.40. The zero-order valence-electron chi connectivity index (χ0n) is 13.0. The maximum absolute atomic E-state index is 12.0. The Morgan fingerprint density at radius 3 is 2.67 bits per heavy atom. The number of hydrogen-bond donors (Lipinski definition) is 2. The van der Waals surface area contributed by atoms with Crippen LogP contribution in [0.2, 0.25) is 0 Å². The number of nitrogens with zero attached hydrogens (tertiary/aromatic N) is 2. The predicted molar refractivity (Wildman–Crippen MR) is 86.4 cm³/mol. The van der Waals surface area contributed by atoms with Gasteiger partial charge in [-0.1, -0.05) is 20.3 Å². The molecule has 0 saturated carbocycles. The first-order chi connectivity index (χ1) is 10.1. The van der Waals surface area contributed by atoms with Crippen molar-refractivity contribution < 1.29 is 4.79 Å². The fourth-order valence-corrected chi connectivity index (χ4v) is 2.52. The molecule has 1 aliphatic heterocycles. The lowest BCUT2D eigenvalue weighted by molar-refractivity contribution is -0.118. The van der Waals surface area contributed by atoms with Crippen LogP contribution >= 0.6 is 0 Å². The molecular weight excluding hydrogens is 264 g/mol. The fourth-order valence-electron chi connectivity index (χ4n) is 2.52. The summed E-state index contributed by atoms with van der Waals surface area (Å²) in [7, 11) is 0. The molecule has 0 aromatic carbocycles. The van der Waals surface area contributed by atoms with Gasteiger partial charge in [-0.15, -0.1) is 0 Å². The van der Waals surface area contributed by atoms with Gasteiger partial charge in [-0.3, -0.25) is 4.79 Å². The first-order valence-corrected chi connectivity index (χ1v) is 7.89. The molecular formula is C16H26N4O. The van der Waals surface area contributed by atoms with Gasteiger partial charge in [-0.25, -0.2) is 4.98 Å². The van der Waals surface area contributed by atoms with Crippen molar-refractivity contribution in [1.29, 1.82) is 0 Å². The van der Waals surface area contributed by atoms with Gasteiger partial charge in [-0.05, 0) is 37.3 Å². The molecule has 2 rings (SSSR count). The van der Waals surface area contributed by atoms with E-state index in [0.717, 1.165) is 25.2 Å². The molecule has 1 aromatic rings. The molecule has 116 valence electrons. The van der Waals surface area contributed by atoms with Crippen LogP contribution in [0, 0.1) is 5.92 Å². The minimum Gasteiger partial charge on any atom is -0.370 e. The third-order valence-corrected chi connectivity index (χ3v) is 4.28. The number of anilines is 2. The van der Waals surface area contributed by atoms with E-state index in [9.17, 15) is 4.79 Å². The maximum Gasteiger partial charge on any atom is 0.242 e. The Labute approximate surface area is 126 Å². The van der Waals surface area contributed by atoms with Crippen LogP contribution in [0.5, 0.6) is 0 Å². The molecule has 5 heteroatoms. The Morgan fingerprint density at radius 1 is 1.38 bits per heavy atom. The number of rotatable bonds is 5. The number of carbonyl (C=O) groups is 1. The highest BCUT2D eigenvalue weighted by atomic mass is 16.2. The van der Waals surface area contributed by atoms with Crippen molar-refractivity contribution in [3.05, 3.63) is 18.3 Å². The minimum absolute atomic E-state index is 0.164. The predicted octanol–water partition coefficient (Wildman–Crippen LogP) is 2.38. The van der Waals surface area contributed by atoms with Gasteiger partial charge in [0.2, 0.25) is 5.91 Å². The molecule has 1 saturated heterocycles. The van der Waals surface area contributed by atoms with Crippen molar-refractivity contribution in [2.75, 3.05) is 23.3 Å². The van der Waals surface area contributed by atoms with Crippen LogP contribution in [0.3, 0.4) is 0 Å². The van der Waals surface area contributed by atoms with Crippen molar-refractivity contribution >= 4 is 17.4 Å². The van der Waals surface area contributed by atoms with Crippen molar-refractivity contribution in [1.82, 2.24) is 4.98 Å². The van der Waals surface area contributed by atoms with E-state index in [1.54, 1.807) is 0 Å². The van der Waals surface area contributed by atoms with Crippen LogP contribution in [0.4, 0.5) is 11.5 Å². The van der Waals surface area contributed by atoms with E-state index in [4.69, 9.17) is 5.73 Å². The number of hydrogen-bond acceptors (Lipinski definition) is 4. The highest BCUT2D eigenvalue weighted by Crippen LogP contribution is 2.20. The van der Waals surface area contributed by atoms with Gasteiger partial charge < -0.3 is 16.0 Å². The van der Waals surface area contributed by atoms with Crippen LogP contribution in [0.25, 0.3) is 0 Å². The van der Waals surface area contributed by atoms with Gasteiger partial charge >= 0.3 is 0 Å². The zero-order chi connectivity index (χ0) is 15.2. The van der Waals surface area contributed by atoms with Gasteiger partial charge in [0.25, 0.3) is 0 Å². The molecule has 1 amide bonds. The molecule has 1 aliphatic rings. The van der Waals surface area contributed by atoms with Gasteiger partial charge in [0.15, 0.2) is 0 Å². The molecule has 21 heavy (non-hydrogen) atoms. The standard InChI is InChI=1S/C16H26N4O/c1-3-12(2)15(17)16(21)19-14-8-7-13(11-18-14)20-9-5-4-6-10-20/h7-8,11-12,15H,3-6,9-10,17H2,1-2H3,(H,18,19,21). The van der Waals surface area contributed by atoms with Gasteiger partial charge in [0.05, 0.1) is 17.9 Å². The molecule has 1 fully saturated rings. The highest BCUT2D eigenvalue weighted by molar-refractivity contribution is 5.94. The molecule has 0 bridgehead atoms. The summed E-state index contributed by atoms with van der Waals surface area (Å²) in [5, 5.41) is 2.79. The summed E-state index contributed by atoms with van der Waals surface area (Å²) in [4.78, 5) is 18.7. The first kappa shape index (κ1) is 15.8. The van der Waals surface area contributed by atoms with Crippen LogP contribution in [0.1, 0.15) is 39.5 Å². The maximum atomic E-state index is 12.0. The van der Waals surface area contributed by atoms with Crippen LogP contribution < -0.4 is 16.0 Å². The Bertz CT molecular complexity index is 454. The Balaban J connectivity index is 1.94. The van der Waals surface area contributed by atoms with E-state index in [1.807, 2.05) is 32.2 Å². The number of amides is 1. The molecule has 2 heterocycles. The van der Waals surface area contributed by atoms with E-state index >= 15 is 0 Å². The van der Waals surface area contributed by atoms with E-state index in [-0.39, 0.29) is 11.8 Å². The van der Waals surface area contributed by atoms with Gasteiger partial charge in [-0.2, -0.15) is 0 Å². The van der Waals surface area contributed by atoms with E-state index < -0.39 is 6.04 Å². The summed E-state index contributed by atoms with van der Waals surface area (Å²) in [6.07, 6.45) is 6.50. The Morgan fingerprint density at radius 2 is 2.10 bits per heavy atom. The van der Waals surface area contributed by atoms with Crippen molar-refractivity contribution in [3.8, 4) is 0 Å². The molecule has 2 unspecified atom stereocenters. The second-order valence-electron chi connectivity index (χ2n) is 5.85. The number of nitrogens with two attached hydrogens (primary N) is 1. The summed E-state index contributed by atoms with van der Waals surface area (Å²) in [6.45, 7) is 6.19. The normalized spacial score (nSPS) is 18.1. The SMILES string of the molecule is CCC(C)C(N)C(=O)Nc1ccc(N2CCCCC2)cn1. The quantitative estimate of drug-likeness (QED) is 0.873. The summed E-state index contributed by atoms with van der Waals surface area (Å²) in [5.41, 5.74) is 7.04. The largest absolute Gasteiger partial charge is 0.370 e. The number of aromatic nitrogens is 1. The number of piperidine rings is 1. The summed E-state index contributed by atoms with van der Waals surface area (Å²) in [6, 6.07) is 3.38. The number of carbonyl (C=O) groups excluding carboxylic acids is 1. The second kappa shape index (κ2) is 7.41. The average molecular weight is 290 g/mol. The molecule has 0 spiro atoms. The van der Waals surface area contributed by atoms with Crippen molar-refractivity contribution in [2.45, 2.75) is 45.6 Å². The number of pyridine rings is 1. The zero-order valence-corrected chi connectivity index (χ0v) is 13.0. The molecule has 1 aromatic heterocycles. The molecule has 5 nitrogen and oxygen atoms in total. The summed E-state index contributed by atoms with van der Waals surface area (Å²) < 4.78 is 0. The van der Waals surface area contributed by atoms with E-state index in [2.05, 4.69) is 15.2 Å². The summed E-state index contributed by atoms with van der Waals surface area (Å²) in [5.74, 6) is 0.569.